The highest BCUT2D eigenvalue weighted by atomic mass is 16.5. The molecule has 1 aromatic carbocycles. The predicted molar refractivity (Wildman–Crippen MR) is 105 cm³/mol. The Labute approximate surface area is 161 Å². The molecule has 1 aromatic rings. The number of amides is 3. The number of hydrogen-bond donors (Lipinski definition) is 2. The van der Waals surface area contributed by atoms with Crippen LogP contribution in [0.25, 0.3) is 0 Å². The second-order valence-corrected chi connectivity index (χ2v) is 7.72. The zero-order chi connectivity index (χ0) is 19.2. The van der Waals surface area contributed by atoms with Crippen molar-refractivity contribution in [2.45, 2.75) is 58.5 Å². The van der Waals surface area contributed by atoms with Crippen molar-refractivity contribution in [2.24, 2.45) is 5.92 Å². The van der Waals surface area contributed by atoms with Crippen LogP contribution in [-0.4, -0.2) is 42.6 Å². The first kappa shape index (κ1) is 19.5. The third-order valence-corrected chi connectivity index (χ3v) is 5.30. The molecule has 3 rings (SSSR count). The van der Waals surface area contributed by atoms with Crippen molar-refractivity contribution in [3.05, 3.63) is 29.3 Å². The summed E-state index contributed by atoms with van der Waals surface area (Å²) < 4.78 is 5.81. The van der Waals surface area contributed by atoms with Crippen molar-refractivity contribution in [1.82, 2.24) is 15.5 Å². The first-order chi connectivity index (χ1) is 13.0. The van der Waals surface area contributed by atoms with Crippen LogP contribution >= 0.6 is 0 Å². The summed E-state index contributed by atoms with van der Waals surface area (Å²) in [5.41, 5.74) is 2.10. The smallest absolute Gasteiger partial charge is 0.318 e. The van der Waals surface area contributed by atoms with E-state index >= 15 is 0 Å². The molecular formula is C21H31N3O3. The number of nitrogens with zero attached hydrogens (tertiary/aromatic N) is 1. The third-order valence-electron chi connectivity index (χ3n) is 5.30. The fraction of sp³-hybridized carbons (Fsp3) is 0.619. The lowest BCUT2D eigenvalue weighted by Gasteiger charge is -2.23. The Hall–Kier alpha value is -2.24. The lowest BCUT2D eigenvalue weighted by molar-refractivity contribution is -0.121. The summed E-state index contributed by atoms with van der Waals surface area (Å²) in [6, 6.07) is 6.15. The Kier molecular flexibility index (Phi) is 6.58. The van der Waals surface area contributed by atoms with Gasteiger partial charge in [0.2, 0.25) is 5.91 Å². The van der Waals surface area contributed by atoms with Gasteiger partial charge in [0.15, 0.2) is 0 Å². The number of fused-ring (bicyclic) bond motifs is 1. The lowest BCUT2D eigenvalue weighted by Crippen LogP contribution is -2.44. The van der Waals surface area contributed by atoms with E-state index in [4.69, 9.17) is 4.74 Å². The molecule has 0 aromatic heterocycles. The molecule has 1 aliphatic heterocycles. The Morgan fingerprint density at radius 1 is 1.33 bits per heavy atom. The summed E-state index contributed by atoms with van der Waals surface area (Å²) in [5.74, 6) is 1.64. The maximum Gasteiger partial charge on any atom is 0.318 e. The molecule has 3 amide bonds. The van der Waals surface area contributed by atoms with Crippen LogP contribution in [0.4, 0.5) is 4.79 Å². The lowest BCUT2D eigenvalue weighted by atomic mass is 10.0. The molecule has 0 radical (unpaired) electrons. The summed E-state index contributed by atoms with van der Waals surface area (Å²) in [5, 5.41) is 6.03. The molecule has 1 saturated carbocycles. The fourth-order valence-corrected chi connectivity index (χ4v) is 3.11. The first-order valence-electron chi connectivity index (χ1n) is 10.1. The molecule has 1 unspecified atom stereocenters. The van der Waals surface area contributed by atoms with Crippen molar-refractivity contribution in [3.8, 4) is 5.75 Å². The topological polar surface area (TPSA) is 70.7 Å². The zero-order valence-electron chi connectivity index (χ0n) is 16.4. The molecule has 27 heavy (non-hydrogen) atoms. The number of urea groups is 1. The number of carbonyl (C=O) groups excluding carboxylic acids is 2. The van der Waals surface area contributed by atoms with Crippen LogP contribution in [0.2, 0.25) is 0 Å². The minimum Gasteiger partial charge on any atom is -0.491 e. The molecule has 2 aliphatic rings. The number of benzene rings is 1. The van der Waals surface area contributed by atoms with E-state index in [0.717, 1.165) is 29.8 Å². The molecule has 6 nitrogen and oxygen atoms in total. The van der Waals surface area contributed by atoms with Gasteiger partial charge in [-0.3, -0.25) is 4.79 Å². The molecule has 0 bridgehead atoms. The van der Waals surface area contributed by atoms with E-state index in [-0.39, 0.29) is 18.0 Å². The highest BCUT2D eigenvalue weighted by Gasteiger charge is 2.22. The van der Waals surface area contributed by atoms with Crippen molar-refractivity contribution >= 4 is 11.9 Å². The van der Waals surface area contributed by atoms with Crippen molar-refractivity contribution < 1.29 is 14.3 Å². The second-order valence-electron chi connectivity index (χ2n) is 7.72. The normalized spacial score (nSPS) is 17.3. The summed E-state index contributed by atoms with van der Waals surface area (Å²) in [6.45, 7) is 6.46. The van der Waals surface area contributed by atoms with E-state index < -0.39 is 0 Å². The molecule has 1 fully saturated rings. The van der Waals surface area contributed by atoms with Gasteiger partial charge in [-0.2, -0.15) is 0 Å². The summed E-state index contributed by atoms with van der Waals surface area (Å²) >= 11 is 0. The number of rotatable bonds is 7. The molecule has 6 heteroatoms. The van der Waals surface area contributed by atoms with Crippen LogP contribution in [0.15, 0.2) is 18.2 Å². The van der Waals surface area contributed by atoms with Gasteiger partial charge in [0.25, 0.3) is 0 Å². The summed E-state index contributed by atoms with van der Waals surface area (Å²) in [7, 11) is 0. The molecule has 2 N–H and O–H groups in total. The number of ether oxygens (including phenoxy) is 1. The standard InChI is InChI=1S/C21H31N3O3/c1-3-15(2)23-21(26)24-10-11-27-19-8-6-16(12-18(19)14-24)7-9-20(25)22-13-17-4-5-17/h6,8,12,15,17H,3-5,7,9-11,13-14H2,1-2H3,(H,22,25)(H,23,26). The van der Waals surface area contributed by atoms with Crippen molar-refractivity contribution in [1.29, 1.82) is 0 Å². The first-order valence-corrected chi connectivity index (χ1v) is 10.1. The minimum absolute atomic E-state index is 0.0503. The zero-order valence-corrected chi connectivity index (χ0v) is 16.4. The molecular weight excluding hydrogens is 342 g/mol. The van der Waals surface area contributed by atoms with Gasteiger partial charge >= 0.3 is 6.03 Å². The molecule has 1 atom stereocenters. The molecule has 1 aliphatic carbocycles. The van der Waals surface area contributed by atoms with Gasteiger partial charge in [-0.1, -0.05) is 19.1 Å². The van der Waals surface area contributed by atoms with E-state index in [0.29, 0.717) is 38.5 Å². The van der Waals surface area contributed by atoms with Gasteiger partial charge in [0, 0.05) is 24.6 Å². The summed E-state index contributed by atoms with van der Waals surface area (Å²) in [6.07, 6.45) is 4.57. The van der Waals surface area contributed by atoms with Crippen molar-refractivity contribution in [2.75, 3.05) is 19.7 Å². The maximum absolute atomic E-state index is 12.5. The number of hydrogen-bond acceptors (Lipinski definition) is 3. The van der Waals surface area contributed by atoms with Gasteiger partial charge in [-0.05, 0) is 50.2 Å². The van der Waals surface area contributed by atoms with Gasteiger partial charge in [0.1, 0.15) is 12.4 Å². The molecule has 1 heterocycles. The van der Waals surface area contributed by atoms with E-state index in [2.05, 4.69) is 23.6 Å². The second kappa shape index (κ2) is 9.11. The third kappa shape index (κ3) is 5.88. The average Bonchev–Trinajstić information content (AvgIpc) is 3.50. The highest BCUT2D eigenvalue weighted by Crippen LogP contribution is 2.28. The number of nitrogens with one attached hydrogen (secondary N) is 2. The van der Waals surface area contributed by atoms with Gasteiger partial charge in [0.05, 0.1) is 13.1 Å². The number of aryl methyl sites for hydroxylation is 1. The highest BCUT2D eigenvalue weighted by molar-refractivity contribution is 5.76. The van der Waals surface area contributed by atoms with E-state index in [1.54, 1.807) is 4.90 Å². The van der Waals surface area contributed by atoms with Crippen LogP contribution in [0, 0.1) is 5.92 Å². The van der Waals surface area contributed by atoms with Gasteiger partial charge < -0.3 is 20.3 Å². The molecule has 0 spiro atoms. The molecule has 0 saturated heterocycles. The van der Waals surface area contributed by atoms with E-state index in [1.165, 1.54) is 12.8 Å². The van der Waals surface area contributed by atoms with E-state index in [1.807, 2.05) is 19.1 Å². The number of carbonyl (C=O) groups is 2. The van der Waals surface area contributed by atoms with Crippen LogP contribution in [-0.2, 0) is 17.8 Å². The van der Waals surface area contributed by atoms with Crippen LogP contribution in [0.5, 0.6) is 5.75 Å². The largest absolute Gasteiger partial charge is 0.491 e. The minimum atomic E-state index is -0.0503. The Morgan fingerprint density at radius 2 is 2.15 bits per heavy atom. The Morgan fingerprint density at radius 3 is 2.89 bits per heavy atom. The Bertz CT molecular complexity index is 673. The van der Waals surface area contributed by atoms with Crippen LogP contribution < -0.4 is 15.4 Å². The quantitative estimate of drug-likeness (QED) is 0.772. The van der Waals surface area contributed by atoms with Gasteiger partial charge in [-0.25, -0.2) is 4.79 Å². The predicted octanol–water partition coefficient (Wildman–Crippen LogP) is 2.85. The monoisotopic (exact) mass is 373 g/mol. The Balaban J connectivity index is 1.57. The van der Waals surface area contributed by atoms with Gasteiger partial charge in [-0.15, -0.1) is 0 Å². The van der Waals surface area contributed by atoms with Crippen LogP contribution in [0.3, 0.4) is 0 Å². The summed E-state index contributed by atoms with van der Waals surface area (Å²) in [4.78, 5) is 26.2. The fourth-order valence-electron chi connectivity index (χ4n) is 3.11. The van der Waals surface area contributed by atoms with E-state index in [9.17, 15) is 9.59 Å². The SMILES string of the molecule is CCC(C)NC(=O)N1CCOc2ccc(CCC(=O)NCC3CC3)cc2C1. The molecule has 148 valence electrons. The van der Waals surface area contributed by atoms with Crippen LogP contribution in [0.1, 0.15) is 50.7 Å². The van der Waals surface area contributed by atoms with Crippen molar-refractivity contribution in [3.63, 3.8) is 0 Å². The maximum atomic E-state index is 12.5. The average molecular weight is 373 g/mol.